The lowest BCUT2D eigenvalue weighted by Crippen LogP contribution is -2.50. The highest BCUT2D eigenvalue weighted by atomic mass is 16.5. The Kier molecular flexibility index (Phi) is 2.43. The summed E-state index contributed by atoms with van der Waals surface area (Å²) < 4.78 is 5.52. The van der Waals surface area contributed by atoms with Crippen LogP contribution in [0.1, 0.15) is 52.9 Å². The number of ether oxygens (including phenoxy) is 1. The molecule has 0 spiro atoms. The van der Waals surface area contributed by atoms with Crippen LogP contribution in [-0.4, -0.2) is 17.9 Å². The third kappa shape index (κ3) is 1.52. The summed E-state index contributed by atoms with van der Waals surface area (Å²) in [5, 5.41) is 0. The normalized spacial score (nSPS) is 50.5. The van der Waals surface area contributed by atoms with E-state index in [2.05, 4.69) is 19.9 Å². The monoisotopic (exact) mass is 312 g/mol. The molecule has 1 heterocycles. The summed E-state index contributed by atoms with van der Waals surface area (Å²) in [6, 6.07) is 0. The third-order valence-corrected chi connectivity index (χ3v) is 8.07. The zero-order valence-corrected chi connectivity index (χ0v) is 14.1. The van der Waals surface area contributed by atoms with E-state index in [-0.39, 0.29) is 29.2 Å². The van der Waals surface area contributed by atoms with E-state index in [4.69, 9.17) is 4.74 Å². The fraction of sp³-hybridized carbons (Fsp3) is 0.700. The van der Waals surface area contributed by atoms with Crippen molar-refractivity contribution in [2.75, 3.05) is 0 Å². The maximum Gasteiger partial charge on any atom is 0.334 e. The van der Waals surface area contributed by atoms with E-state index < -0.39 is 0 Å². The first-order chi connectivity index (χ1) is 10.9. The molecule has 0 unspecified atom stereocenters. The van der Waals surface area contributed by atoms with Gasteiger partial charge >= 0.3 is 5.97 Å². The van der Waals surface area contributed by atoms with E-state index in [1.54, 1.807) is 6.92 Å². The third-order valence-electron chi connectivity index (χ3n) is 8.07. The number of hydrogen-bond donors (Lipinski definition) is 0. The Morgan fingerprint density at radius 3 is 2.78 bits per heavy atom. The lowest BCUT2D eigenvalue weighted by molar-refractivity contribution is -0.141. The predicted octanol–water partition coefficient (Wildman–Crippen LogP) is 3.59. The molecule has 3 fully saturated rings. The molecule has 0 saturated heterocycles. The minimum absolute atomic E-state index is 0.0948. The van der Waals surface area contributed by atoms with Crippen molar-refractivity contribution < 1.29 is 14.3 Å². The van der Waals surface area contributed by atoms with Gasteiger partial charge in [0.05, 0.1) is 5.57 Å². The Morgan fingerprint density at radius 1 is 1.22 bits per heavy atom. The number of ketones is 1. The topological polar surface area (TPSA) is 43.4 Å². The molecule has 23 heavy (non-hydrogen) atoms. The van der Waals surface area contributed by atoms with Crippen LogP contribution >= 0.6 is 0 Å². The van der Waals surface area contributed by atoms with Crippen LogP contribution in [0.5, 0.6) is 0 Å². The van der Waals surface area contributed by atoms with Crippen molar-refractivity contribution >= 4 is 11.8 Å². The van der Waals surface area contributed by atoms with Crippen molar-refractivity contribution in [3.63, 3.8) is 0 Å². The van der Waals surface area contributed by atoms with E-state index in [0.29, 0.717) is 22.5 Å². The molecule has 3 nitrogen and oxygen atoms in total. The number of carbonyl (C=O) groups excluding carboxylic acids is 2. The molecular formula is C20H24O3. The second-order valence-electron chi connectivity index (χ2n) is 8.95. The molecule has 122 valence electrons. The van der Waals surface area contributed by atoms with E-state index in [1.165, 1.54) is 19.3 Å². The highest BCUT2D eigenvalue weighted by molar-refractivity contribution is 6.16. The zero-order valence-electron chi connectivity index (χ0n) is 14.1. The molecule has 0 bridgehead atoms. The molecule has 0 radical (unpaired) electrons. The Balaban J connectivity index is 1.60. The maximum absolute atomic E-state index is 13.0. The Hall–Kier alpha value is -1.38. The fourth-order valence-corrected chi connectivity index (χ4v) is 6.57. The Morgan fingerprint density at radius 2 is 2.00 bits per heavy atom. The average Bonchev–Trinajstić information content (AvgIpc) is 3.10. The standard InChI is InChI=1S/C20H24O3/c1-10-16-14(23-18(10)22)8-13-12(17(16)21)4-5-15-19(13,2)7-6-11-9-20(11,15)3/h4,11,13-15H,5-9H2,1-3H3/t11-,13-,14-,15+,19+,20+/m0/s1. The van der Waals surface area contributed by atoms with E-state index in [0.717, 1.165) is 24.3 Å². The van der Waals surface area contributed by atoms with Crippen molar-refractivity contribution in [2.24, 2.45) is 28.6 Å². The fourth-order valence-electron chi connectivity index (χ4n) is 6.57. The van der Waals surface area contributed by atoms with Gasteiger partial charge in [0.15, 0.2) is 5.78 Å². The smallest absolute Gasteiger partial charge is 0.334 e. The highest BCUT2D eigenvalue weighted by Crippen LogP contribution is 2.73. The highest BCUT2D eigenvalue weighted by Gasteiger charge is 2.66. The lowest BCUT2D eigenvalue weighted by Gasteiger charge is -2.54. The number of fused-ring (bicyclic) bond motifs is 6. The van der Waals surface area contributed by atoms with Gasteiger partial charge in [0.1, 0.15) is 6.10 Å². The van der Waals surface area contributed by atoms with Gasteiger partial charge in [-0.1, -0.05) is 19.9 Å². The Bertz CT molecular complexity index is 714. The molecule has 0 N–H and O–H groups in total. The molecule has 1 aliphatic heterocycles. The molecule has 6 atom stereocenters. The Labute approximate surface area is 137 Å². The van der Waals surface area contributed by atoms with Crippen LogP contribution in [0.15, 0.2) is 22.8 Å². The first kappa shape index (κ1) is 14.0. The predicted molar refractivity (Wildman–Crippen MR) is 85.4 cm³/mol. The van der Waals surface area contributed by atoms with Crippen LogP contribution in [0.3, 0.4) is 0 Å². The van der Waals surface area contributed by atoms with Gasteiger partial charge in [-0.3, -0.25) is 4.79 Å². The second kappa shape index (κ2) is 3.99. The molecule has 3 heteroatoms. The SMILES string of the molecule is CC1=C2C(=O)C3=CC[C@@H]4[C@](C)(CC[C@H]5C[C@]54C)[C@H]3C[C@@H]2OC1=O. The summed E-state index contributed by atoms with van der Waals surface area (Å²) in [5.41, 5.74) is 2.83. The molecule has 0 amide bonds. The number of hydrogen-bond acceptors (Lipinski definition) is 3. The summed E-state index contributed by atoms with van der Waals surface area (Å²) in [6.45, 7) is 6.59. The minimum Gasteiger partial charge on any atom is -0.454 e. The van der Waals surface area contributed by atoms with Gasteiger partial charge in [0.2, 0.25) is 0 Å². The molecule has 4 aliphatic carbocycles. The lowest BCUT2D eigenvalue weighted by atomic mass is 9.49. The van der Waals surface area contributed by atoms with Crippen LogP contribution in [0, 0.1) is 28.6 Å². The molecular weight excluding hydrogens is 288 g/mol. The summed E-state index contributed by atoms with van der Waals surface area (Å²) in [6.07, 6.45) is 7.64. The van der Waals surface area contributed by atoms with E-state index in [1.807, 2.05) is 0 Å². The molecule has 5 aliphatic rings. The van der Waals surface area contributed by atoms with Gasteiger partial charge in [-0.2, -0.15) is 0 Å². The second-order valence-corrected chi connectivity index (χ2v) is 8.95. The van der Waals surface area contributed by atoms with Crippen molar-refractivity contribution in [1.82, 2.24) is 0 Å². The van der Waals surface area contributed by atoms with Crippen LogP contribution < -0.4 is 0 Å². The van der Waals surface area contributed by atoms with Crippen molar-refractivity contribution in [2.45, 2.75) is 59.0 Å². The number of Topliss-reactive ketones (excluding diaryl/α,β-unsaturated/α-hetero) is 1. The van der Waals surface area contributed by atoms with Crippen molar-refractivity contribution in [3.8, 4) is 0 Å². The number of carbonyl (C=O) groups is 2. The number of esters is 1. The van der Waals surface area contributed by atoms with Crippen LogP contribution in [0.4, 0.5) is 0 Å². The van der Waals surface area contributed by atoms with Crippen LogP contribution in [0.2, 0.25) is 0 Å². The average molecular weight is 312 g/mol. The van der Waals surface area contributed by atoms with E-state index >= 15 is 0 Å². The quantitative estimate of drug-likeness (QED) is 0.642. The minimum atomic E-state index is -0.294. The summed E-state index contributed by atoms with van der Waals surface area (Å²) in [5.74, 6) is 1.64. The zero-order chi connectivity index (χ0) is 16.1. The van der Waals surface area contributed by atoms with Crippen LogP contribution in [-0.2, 0) is 14.3 Å². The van der Waals surface area contributed by atoms with Gasteiger partial charge in [-0.15, -0.1) is 0 Å². The van der Waals surface area contributed by atoms with Gasteiger partial charge in [0.25, 0.3) is 0 Å². The molecule has 0 aromatic rings. The first-order valence-corrected chi connectivity index (χ1v) is 9.03. The number of rotatable bonds is 0. The van der Waals surface area contributed by atoms with Gasteiger partial charge in [-0.25, -0.2) is 4.79 Å². The summed E-state index contributed by atoms with van der Waals surface area (Å²) in [7, 11) is 0. The molecule has 0 aromatic carbocycles. The molecule has 3 saturated carbocycles. The number of allylic oxidation sites excluding steroid dienone is 2. The molecule has 0 aromatic heterocycles. The summed E-state index contributed by atoms with van der Waals surface area (Å²) in [4.78, 5) is 24.9. The van der Waals surface area contributed by atoms with E-state index in [9.17, 15) is 9.59 Å². The largest absolute Gasteiger partial charge is 0.454 e. The van der Waals surface area contributed by atoms with Gasteiger partial charge in [0, 0.05) is 5.57 Å². The molecule has 5 rings (SSSR count). The van der Waals surface area contributed by atoms with Gasteiger partial charge < -0.3 is 4.74 Å². The van der Waals surface area contributed by atoms with Crippen molar-refractivity contribution in [3.05, 3.63) is 22.8 Å². The van der Waals surface area contributed by atoms with Crippen LogP contribution in [0.25, 0.3) is 0 Å². The van der Waals surface area contributed by atoms with Gasteiger partial charge in [-0.05, 0) is 73.2 Å². The maximum atomic E-state index is 13.0. The first-order valence-electron chi connectivity index (χ1n) is 9.03. The summed E-state index contributed by atoms with van der Waals surface area (Å²) >= 11 is 0. The van der Waals surface area contributed by atoms with Crippen molar-refractivity contribution in [1.29, 1.82) is 0 Å².